The minimum Gasteiger partial charge on any atom is -0.497 e. The number of thioether (sulfide) groups is 1. The monoisotopic (exact) mass is 343 g/mol. The van der Waals surface area contributed by atoms with Crippen molar-refractivity contribution < 1.29 is 4.74 Å². The molecule has 23 heavy (non-hydrogen) atoms. The fraction of sp³-hybridized carbons (Fsp3) is 0.176. The molecule has 0 bridgehead atoms. The zero-order valence-corrected chi connectivity index (χ0v) is 14.4. The SMILES string of the molecule is C=CCn1c(SCc2cccc(OC)c2)nnc1-c1cccs1. The molecule has 118 valence electrons. The number of methoxy groups -OCH3 is 1. The van der Waals surface area contributed by atoms with Gasteiger partial charge in [0.15, 0.2) is 11.0 Å². The van der Waals surface area contributed by atoms with Crippen molar-refractivity contribution in [3.63, 3.8) is 0 Å². The van der Waals surface area contributed by atoms with Gasteiger partial charge in [0.05, 0.1) is 12.0 Å². The summed E-state index contributed by atoms with van der Waals surface area (Å²) in [4.78, 5) is 1.12. The first-order valence-electron chi connectivity index (χ1n) is 7.15. The van der Waals surface area contributed by atoms with Crippen LogP contribution >= 0.6 is 23.1 Å². The highest BCUT2D eigenvalue weighted by atomic mass is 32.2. The molecule has 0 N–H and O–H groups in total. The third-order valence-electron chi connectivity index (χ3n) is 3.27. The van der Waals surface area contributed by atoms with Gasteiger partial charge in [-0.2, -0.15) is 0 Å². The van der Waals surface area contributed by atoms with Crippen molar-refractivity contribution in [3.05, 3.63) is 60.0 Å². The van der Waals surface area contributed by atoms with Crippen LogP contribution in [0, 0.1) is 0 Å². The van der Waals surface area contributed by atoms with Gasteiger partial charge in [0, 0.05) is 12.3 Å². The van der Waals surface area contributed by atoms with E-state index in [1.54, 1.807) is 30.2 Å². The summed E-state index contributed by atoms with van der Waals surface area (Å²) < 4.78 is 7.37. The third-order valence-corrected chi connectivity index (χ3v) is 5.18. The summed E-state index contributed by atoms with van der Waals surface area (Å²) in [5, 5.41) is 11.7. The number of aromatic nitrogens is 3. The first-order chi connectivity index (χ1) is 11.3. The highest BCUT2D eigenvalue weighted by Crippen LogP contribution is 2.29. The van der Waals surface area contributed by atoms with Gasteiger partial charge in [-0.05, 0) is 29.1 Å². The standard InChI is InChI=1S/C17H17N3OS2/c1-3-9-20-16(15-8-5-10-22-15)18-19-17(20)23-12-13-6-4-7-14(11-13)21-2/h3-8,10-11H,1,9,12H2,2H3. The Morgan fingerprint density at radius 2 is 2.22 bits per heavy atom. The summed E-state index contributed by atoms with van der Waals surface area (Å²) in [6.45, 7) is 4.54. The van der Waals surface area contributed by atoms with Crippen LogP contribution in [0.15, 0.2) is 59.6 Å². The molecule has 1 aromatic carbocycles. The topological polar surface area (TPSA) is 39.9 Å². The molecule has 0 saturated heterocycles. The summed E-state index contributed by atoms with van der Waals surface area (Å²) >= 11 is 3.33. The van der Waals surface area contributed by atoms with Gasteiger partial charge in [-0.1, -0.05) is 36.0 Å². The lowest BCUT2D eigenvalue weighted by atomic mass is 10.2. The Morgan fingerprint density at radius 1 is 1.30 bits per heavy atom. The van der Waals surface area contributed by atoms with Crippen LogP contribution in [0.4, 0.5) is 0 Å². The van der Waals surface area contributed by atoms with Crippen molar-refractivity contribution in [2.75, 3.05) is 7.11 Å². The molecule has 0 atom stereocenters. The van der Waals surface area contributed by atoms with Crippen molar-refractivity contribution in [2.45, 2.75) is 17.5 Å². The van der Waals surface area contributed by atoms with Crippen molar-refractivity contribution in [3.8, 4) is 16.5 Å². The first-order valence-corrected chi connectivity index (χ1v) is 9.02. The van der Waals surface area contributed by atoms with E-state index in [9.17, 15) is 0 Å². The second kappa shape index (κ2) is 7.48. The van der Waals surface area contributed by atoms with Crippen LogP contribution < -0.4 is 4.74 Å². The summed E-state index contributed by atoms with van der Waals surface area (Å²) in [6, 6.07) is 12.2. The van der Waals surface area contributed by atoms with Gasteiger partial charge in [-0.25, -0.2) is 0 Å². The fourth-order valence-corrected chi connectivity index (χ4v) is 3.80. The molecule has 0 aliphatic heterocycles. The van der Waals surface area contributed by atoms with Crippen molar-refractivity contribution in [2.24, 2.45) is 0 Å². The number of thiophene rings is 1. The Morgan fingerprint density at radius 3 is 2.96 bits per heavy atom. The molecule has 0 unspecified atom stereocenters. The quantitative estimate of drug-likeness (QED) is 0.468. The number of rotatable bonds is 7. The molecule has 0 radical (unpaired) electrons. The van der Waals surface area contributed by atoms with Gasteiger partial charge in [0.1, 0.15) is 5.75 Å². The Balaban J connectivity index is 1.81. The van der Waals surface area contributed by atoms with E-state index in [-0.39, 0.29) is 0 Å². The summed E-state index contributed by atoms with van der Waals surface area (Å²) in [6.07, 6.45) is 1.87. The minimum atomic E-state index is 0.695. The van der Waals surface area contributed by atoms with E-state index in [1.165, 1.54) is 5.56 Å². The van der Waals surface area contributed by atoms with Crippen molar-refractivity contribution >= 4 is 23.1 Å². The molecule has 0 fully saturated rings. The average Bonchev–Trinajstić information content (AvgIpc) is 3.23. The van der Waals surface area contributed by atoms with Gasteiger partial charge in [-0.3, -0.25) is 4.57 Å². The highest BCUT2D eigenvalue weighted by molar-refractivity contribution is 7.98. The molecule has 2 heterocycles. The predicted molar refractivity (Wildman–Crippen MR) is 96.1 cm³/mol. The predicted octanol–water partition coefficient (Wildman–Crippen LogP) is 4.49. The smallest absolute Gasteiger partial charge is 0.192 e. The summed E-state index contributed by atoms with van der Waals surface area (Å²) in [7, 11) is 1.68. The number of allylic oxidation sites excluding steroid dienone is 1. The molecular weight excluding hydrogens is 326 g/mol. The van der Waals surface area contributed by atoms with E-state index < -0.39 is 0 Å². The van der Waals surface area contributed by atoms with E-state index in [4.69, 9.17) is 4.74 Å². The molecule has 0 amide bonds. The van der Waals surface area contributed by atoms with Gasteiger partial charge < -0.3 is 4.74 Å². The second-order valence-corrected chi connectivity index (χ2v) is 6.71. The lowest BCUT2D eigenvalue weighted by molar-refractivity contribution is 0.414. The number of nitrogens with zero attached hydrogens (tertiary/aromatic N) is 3. The van der Waals surface area contributed by atoms with E-state index in [1.807, 2.05) is 35.7 Å². The molecule has 3 rings (SSSR count). The van der Waals surface area contributed by atoms with Crippen LogP contribution in [0.25, 0.3) is 10.7 Å². The molecule has 0 aliphatic rings. The summed E-state index contributed by atoms with van der Waals surface area (Å²) in [5.74, 6) is 2.58. The maximum Gasteiger partial charge on any atom is 0.192 e. The summed E-state index contributed by atoms with van der Waals surface area (Å²) in [5.41, 5.74) is 1.19. The maximum atomic E-state index is 5.27. The molecule has 3 aromatic rings. The number of benzene rings is 1. The van der Waals surface area contributed by atoms with Crippen molar-refractivity contribution in [1.82, 2.24) is 14.8 Å². The van der Waals surface area contributed by atoms with E-state index in [2.05, 4.69) is 33.5 Å². The second-order valence-electron chi connectivity index (χ2n) is 4.82. The van der Waals surface area contributed by atoms with Gasteiger partial charge >= 0.3 is 0 Å². The molecular formula is C17H17N3OS2. The largest absolute Gasteiger partial charge is 0.497 e. The molecule has 0 saturated carbocycles. The van der Waals surface area contributed by atoms with E-state index >= 15 is 0 Å². The Bertz CT molecular complexity index is 781. The Labute approximate surface area is 143 Å². The van der Waals surface area contributed by atoms with Gasteiger partial charge in [0.2, 0.25) is 0 Å². The van der Waals surface area contributed by atoms with Gasteiger partial charge in [0.25, 0.3) is 0 Å². The van der Waals surface area contributed by atoms with Crippen LogP contribution in [-0.2, 0) is 12.3 Å². The fourth-order valence-electron chi connectivity index (χ4n) is 2.19. The number of hydrogen-bond acceptors (Lipinski definition) is 5. The first kappa shape index (κ1) is 15.8. The van der Waals surface area contributed by atoms with E-state index in [0.717, 1.165) is 27.4 Å². The van der Waals surface area contributed by atoms with Crippen LogP contribution in [0.1, 0.15) is 5.56 Å². The Hall–Kier alpha value is -2.05. The molecule has 2 aromatic heterocycles. The lowest BCUT2D eigenvalue weighted by Crippen LogP contribution is -2.00. The Kier molecular flexibility index (Phi) is 5.15. The lowest BCUT2D eigenvalue weighted by Gasteiger charge is -2.07. The molecule has 0 aliphatic carbocycles. The normalized spacial score (nSPS) is 10.7. The van der Waals surface area contributed by atoms with Crippen LogP contribution in [-0.4, -0.2) is 21.9 Å². The van der Waals surface area contributed by atoms with Crippen LogP contribution in [0.2, 0.25) is 0 Å². The van der Waals surface area contributed by atoms with Crippen molar-refractivity contribution in [1.29, 1.82) is 0 Å². The van der Waals surface area contributed by atoms with E-state index in [0.29, 0.717) is 6.54 Å². The maximum absolute atomic E-state index is 5.27. The average molecular weight is 343 g/mol. The molecule has 0 spiro atoms. The molecule has 6 heteroatoms. The third kappa shape index (κ3) is 3.65. The van der Waals surface area contributed by atoms with Crippen LogP contribution in [0.3, 0.4) is 0 Å². The number of ether oxygens (including phenoxy) is 1. The van der Waals surface area contributed by atoms with Gasteiger partial charge in [-0.15, -0.1) is 28.1 Å². The highest BCUT2D eigenvalue weighted by Gasteiger charge is 2.14. The minimum absolute atomic E-state index is 0.695. The molecule has 4 nitrogen and oxygen atoms in total. The van der Waals surface area contributed by atoms with Crippen LogP contribution in [0.5, 0.6) is 5.75 Å². The zero-order chi connectivity index (χ0) is 16.1. The zero-order valence-electron chi connectivity index (χ0n) is 12.8. The number of hydrogen-bond donors (Lipinski definition) is 0.